The summed E-state index contributed by atoms with van der Waals surface area (Å²) in [6, 6.07) is 6.98. The fourth-order valence-corrected chi connectivity index (χ4v) is 3.15. The van der Waals surface area contributed by atoms with Crippen molar-refractivity contribution in [2.75, 3.05) is 20.1 Å². The largest absolute Gasteiger partial charge is 0.363 e. The smallest absolute Gasteiger partial charge is 0.0986 e. The van der Waals surface area contributed by atoms with Gasteiger partial charge in [0.15, 0.2) is 0 Å². The Hall–Kier alpha value is -1.31. The summed E-state index contributed by atoms with van der Waals surface area (Å²) >= 11 is 0. The number of aliphatic imine (C=N–C) groups is 1. The minimum Gasteiger partial charge on any atom is -0.363 e. The molecule has 0 bridgehead atoms. The number of benzene rings is 1. The maximum absolute atomic E-state index is 4.86. The van der Waals surface area contributed by atoms with Crippen LogP contribution in [0.2, 0.25) is 0 Å². The van der Waals surface area contributed by atoms with Gasteiger partial charge in [-0.15, -0.1) is 0 Å². The summed E-state index contributed by atoms with van der Waals surface area (Å²) < 4.78 is 0. The lowest BCUT2D eigenvalue weighted by Crippen LogP contribution is -2.26. The van der Waals surface area contributed by atoms with Crippen LogP contribution in [0.25, 0.3) is 0 Å². The first-order chi connectivity index (χ1) is 10.2. The molecule has 1 aromatic carbocycles. The number of nitrogens with zero attached hydrogens (tertiary/aromatic N) is 2. The van der Waals surface area contributed by atoms with Crippen molar-refractivity contribution in [3.63, 3.8) is 0 Å². The summed E-state index contributed by atoms with van der Waals surface area (Å²) in [5.41, 5.74) is 4.44. The zero-order valence-electron chi connectivity index (χ0n) is 14.0. The van der Waals surface area contributed by atoms with E-state index in [4.69, 9.17) is 4.99 Å². The first kappa shape index (κ1) is 16.1. The van der Waals surface area contributed by atoms with E-state index in [9.17, 15) is 0 Å². The fourth-order valence-electron chi connectivity index (χ4n) is 3.15. The minimum absolute atomic E-state index is 0.925. The zero-order valence-corrected chi connectivity index (χ0v) is 14.0. The van der Waals surface area contributed by atoms with E-state index in [2.05, 4.69) is 44.0 Å². The molecule has 0 saturated carbocycles. The van der Waals surface area contributed by atoms with Crippen molar-refractivity contribution in [2.24, 2.45) is 4.99 Å². The van der Waals surface area contributed by atoms with Crippen molar-refractivity contribution in [1.29, 1.82) is 0 Å². The lowest BCUT2D eigenvalue weighted by atomic mass is 9.99. The number of rotatable bonds is 5. The van der Waals surface area contributed by atoms with Crippen LogP contribution in [0.5, 0.6) is 0 Å². The molecule has 0 unspecified atom stereocenters. The second kappa shape index (κ2) is 8.21. The van der Waals surface area contributed by atoms with Gasteiger partial charge in [0.1, 0.15) is 0 Å². The highest BCUT2D eigenvalue weighted by Gasteiger charge is 2.10. The highest BCUT2D eigenvalue weighted by Crippen LogP contribution is 2.15. The Morgan fingerprint density at radius 3 is 2.62 bits per heavy atom. The first-order valence-corrected chi connectivity index (χ1v) is 8.59. The van der Waals surface area contributed by atoms with Gasteiger partial charge in [-0.2, -0.15) is 0 Å². The van der Waals surface area contributed by atoms with Gasteiger partial charge in [-0.1, -0.05) is 38.5 Å². The Kier molecular flexibility index (Phi) is 6.28. The van der Waals surface area contributed by atoms with E-state index in [1.54, 1.807) is 0 Å². The first-order valence-electron chi connectivity index (χ1n) is 8.59. The van der Waals surface area contributed by atoms with Crippen LogP contribution in [0.1, 0.15) is 56.2 Å². The molecule has 0 aliphatic carbocycles. The molecule has 2 heteroatoms. The molecule has 1 aliphatic heterocycles. The number of hydrogen-bond acceptors (Lipinski definition) is 1. The molecule has 21 heavy (non-hydrogen) atoms. The number of likely N-dealkylation sites (tertiary alicyclic amines) is 1. The molecule has 2 rings (SSSR count). The third kappa shape index (κ3) is 4.59. The van der Waals surface area contributed by atoms with Gasteiger partial charge in [0.2, 0.25) is 0 Å². The van der Waals surface area contributed by atoms with Crippen molar-refractivity contribution in [3.05, 3.63) is 34.9 Å². The van der Waals surface area contributed by atoms with E-state index in [1.807, 2.05) is 0 Å². The van der Waals surface area contributed by atoms with Crippen LogP contribution >= 0.6 is 0 Å². The van der Waals surface area contributed by atoms with Crippen LogP contribution < -0.4 is 0 Å². The van der Waals surface area contributed by atoms with Crippen LogP contribution in [0.15, 0.2) is 23.2 Å². The molecule has 1 heterocycles. The molecule has 116 valence electrons. The molecule has 0 radical (unpaired) electrons. The predicted octanol–water partition coefficient (Wildman–Crippen LogP) is 4.26. The van der Waals surface area contributed by atoms with Gasteiger partial charge in [-0.25, -0.2) is 0 Å². The maximum Gasteiger partial charge on any atom is 0.0986 e. The molecular weight excluding hydrogens is 256 g/mol. The predicted molar refractivity (Wildman–Crippen MR) is 92.3 cm³/mol. The standard InChI is InChI=1S/C19H30N2/c1-4-17-11-10-16(15-18(17)5-2)12-13-20-19-9-7-6-8-14-21(19)3/h10-11,15H,4-9,12-14H2,1-3H3. The summed E-state index contributed by atoms with van der Waals surface area (Å²) in [4.78, 5) is 7.21. The lowest BCUT2D eigenvalue weighted by Gasteiger charge is -2.18. The van der Waals surface area contributed by atoms with Crippen molar-refractivity contribution in [3.8, 4) is 0 Å². The molecule has 0 spiro atoms. The summed E-state index contributed by atoms with van der Waals surface area (Å²) in [5.74, 6) is 1.31. The van der Waals surface area contributed by atoms with Gasteiger partial charge in [0.25, 0.3) is 0 Å². The molecule has 0 atom stereocenters. The van der Waals surface area contributed by atoms with Crippen molar-refractivity contribution < 1.29 is 0 Å². The van der Waals surface area contributed by atoms with Crippen LogP contribution in [-0.2, 0) is 19.3 Å². The molecule has 1 fully saturated rings. The molecule has 1 aromatic rings. The Labute approximate surface area is 130 Å². The number of aryl methyl sites for hydroxylation is 2. The normalized spacial score (nSPS) is 18.0. The van der Waals surface area contributed by atoms with E-state index in [0.717, 1.165) is 32.2 Å². The van der Waals surface area contributed by atoms with Gasteiger partial charge in [0.05, 0.1) is 5.84 Å². The van der Waals surface area contributed by atoms with Crippen LogP contribution in [-0.4, -0.2) is 30.9 Å². The molecule has 1 aliphatic rings. The van der Waals surface area contributed by atoms with Crippen molar-refractivity contribution >= 4 is 5.84 Å². The van der Waals surface area contributed by atoms with Gasteiger partial charge in [-0.3, -0.25) is 4.99 Å². The van der Waals surface area contributed by atoms with E-state index in [0.29, 0.717) is 0 Å². The SMILES string of the molecule is CCc1ccc(CCN=C2CCCCCN2C)cc1CC. The third-order valence-corrected chi connectivity index (χ3v) is 4.56. The Balaban J connectivity index is 1.96. The minimum atomic E-state index is 0.925. The van der Waals surface area contributed by atoms with E-state index >= 15 is 0 Å². The van der Waals surface area contributed by atoms with Gasteiger partial charge < -0.3 is 4.90 Å². The molecule has 2 nitrogen and oxygen atoms in total. The summed E-state index contributed by atoms with van der Waals surface area (Å²) in [7, 11) is 2.19. The van der Waals surface area contributed by atoms with Crippen LogP contribution in [0.3, 0.4) is 0 Å². The van der Waals surface area contributed by atoms with Crippen molar-refractivity contribution in [1.82, 2.24) is 4.90 Å². The molecule has 0 N–H and O–H groups in total. The average molecular weight is 286 g/mol. The number of hydrogen-bond donors (Lipinski definition) is 0. The third-order valence-electron chi connectivity index (χ3n) is 4.56. The molecule has 1 saturated heterocycles. The fraction of sp³-hybridized carbons (Fsp3) is 0.632. The molecule has 0 aromatic heterocycles. The summed E-state index contributed by atoms with van der Waals surface area (Å²) in [6.07, 6.45) is 8.45. The average Bonchev–Trinajstić information content (AvgIpc) is 2.72. The van der Waals surface area contributed by atoms with E-state index in [-0.39, 0.29) is 0 Å². The summed E-state index contributed by atoms with van der Waals surface area (Å²) in [6.45, 7) is 6.58. The molecular formula is C19H30N2. The van der Waals surface area contributed by atoms with Crippen LogP contribution in [0, 0.1) is 0 Å². The Morgan fingerprint density at radius 2 is 1.86 bits per heavy atom. The second-order valence-corrected chi connectivity index (χ2v) is 6.09. The lowest BCUT2D eigenvalue weighted by molar-refractivity contribution is 0.492. The monoisotopic (exact) mass is 286 g/mol. The summed E-state index contributed by atoms with van der Waals surface area (Å²) in [5, 5.41) is 0. The van der Waals surface area contributed by atoms with E-state index < -0.39 is 0 Å². The van der Waals surface area contributed by atoms with Crippen LogP contribution in [0.4, 0.5) is 0 Å². The van der Waals surface area contributed by atoms with E-state index in [1.165, 1.54) is 48.3 Å². The zero-order chi connectivity index (χ0) is 15.1. The van der Waals surface area contributed by atoms with Gasteiger partial charge >= 0.3 is 0 Å². The molecule has 0 amide bonds. The second-order valence-electron chi connectivity index (χ2n) is 6.09. The maximum atomic E-state index is 4.86. The quantitative estimate of drug-likeness (QED) is 0.789. The Morgan fingerprint density at radius 1 is 1.05 bits per heavy atom. The number of amidine groups is 1. The topological polar surface area (TPSA) is 15.6 Å². The Bertz CT molecular complexity index is 476. The van der Waals surface area contributed by atoms with Crippen molar-refractivity contribution in [2.45, 2.75) is 58.8 Å². The highest BCUT2D eigenvalue weighted by atomic mass is 15.2. The van der Waals surface area contributed by atoms with Gasteiger partial charge in [0, 0.05) is 26.6 Å². The highest BCUT2D eigenvalue weighted by molar-refractivity contribution is 5.82. The van der Waals surface area contributed by atoms with Gasteiger partial charge in [-0.05, 0) is 48.8 Å².